The molecule has 9 heteroatoms. The lowest BCUT2D eigenvalue weighted by atomic mass is 10.2. The zero-order chi connectivity index (χ0) is 18.2. The molecule has 1 aliphatic rings. The van der Waals surface area contributed by atoms with Crippen molar-refractivity contribution in [1.29, 1.82) is 0 Å². The summed E-state index contributed by atoms with van der Waals surface area (Å²) in [6.45, 7) is 3.74. The van der Waals surface area contributed by atoms with Crippen LogP contribution in [0.15, 0.2) is 23.3 Å². The number of sulfone groups is 1. The molecule has 1 aromatic heterocycles. The van der Waals surface area contributed by atoms with E-state index in [1.54, 1.807) is 17.0 Å². The highest BCUT2D eigenvalue weighted by Crippen LogP contribution is 2.29. The molecule has 0 unspecified atom stereocenters. The zero-order valence-corrected chi connectivity index (χ0v) is 16.2. The number of rotatable bonds is 4. The van der Waals surface area contributed by atoms with Gasteiger partial charge in [-0.25, -0.2) is 13.1 Å². The second-order valence-corrected chi connectivity index (χ2v) is 9.12. The van der Waals surface area contributed by atoms with E-state index in [9.17, 15) is 8.42 Å². The highest BCUT2D eigenvalue weighted by atomic mass is 35.5. The Balaban J connectivity index is 1.77. The number of benzene rings is 1. The lowest BCUT2D eigenvalue weighted by Crippen LogP contribution is -2.12. The van der Waals surface area contributed by atoms with Gasteiger partial charge in [0.1, 0.15) is 5.15 Å². The second kappa shape index (κ2) is 6.97. The molecule has 2 aromatic rings. The molecule has 1 atom stereocenters. The predicted molar refractivity (Wildman–Crippen MR) is 102 cm³/mol. The molecule has 134 valence electrons. The van der Waals surface area contributed by atoms with Crippen LogP contribution < -0.4 is 5.43 Å². The average molecular weight is 401 g/mol. The van der Waals surface area contributed by atoms with Crippen LogP contribution in [-0.4, -0.2) is 35.9 Å². The van der Waals surface area contributed by atoms with Gasteiger partial charge in [-0.1, -0.05) is 29.3 Å². The molecular weight excluding hydrogens is 383 g/mol. The minimum absolute atomic E-state index is 0.0739. The van der Waals surface area contributed by atoms with E-state index in [-0.39, 0.29) is 17.5 Å². The normalized spacial score (nSPS) is 19.6. The third-order valence-electron chi connectivity index (χ3n) is 4.18. The number of hydrazone groups is 1. The molecule has 1 N–H and O–H groups in total. The maximum atomic E-state index is 11.7. The summed E-state index contributed by atoms with van der Waals surface area (Å²) in [5.41, 5.74) is 6.01. The summed E-state index contributed by atoms with van der Waals surface area (Å²) < 4.78 is 24.9. The van der Waals surface area contributed by atoms with Gasteiger partial charge in [0.25, 0.3) is 0 Å². The summed E-state index contributed by atoms with van der Waals surface area (Å²) in [5.74, 6) is 0.247. The Bertz CT molecular complexity index is 938. The van der Waals surface area contributed by atoms with Crippen LogP contribution >= 0.6 is 23.2 Å². The van der Waals surface area contributed by atoms with E-state index in [2.05, 4.69) is 15.6 Å². The van der Waals surface area contributed by atoms with Crippen LogP contribution in [0, 0.1) is 13.8 Å². The van der Waals surface area contributed by atoms with E-state index in [1.165, 1.54) is 0 Å². The Morgan fingerprint density at radius 1 is 1.36 bits per heavy atom. The Labute approximate surface area is 156 Å². The third kappa shape index (κ3) is 3.99. The molecule has 1 fully saturated rings. The lowest BCUT2D eigenvalue weighted by molar-refractivity contribution is 0.497. The fourth-order valence-corrected chi connectivity index (χ4v) is 4.96. The van der Waals surface area contributed by atoms with Crippen LogP contribution in [0.4, 0.5) is 5.69 Å². The quantitative estimate of drug-likeness (QED) is 0.627. The molecule has 3 rings (SSSR count). The monoisotopic (exact) mass is 400 g/mol. The van der Waals surface area contributed by atoms with E-state index >= 15 is 0 Å². The van der Waals surface area contributed by atoms with Gasteiger partial charge in [0.2, 0.25) is 0 Å². The number of nitrogens with one attached hydrogen (secondary N) is 1. The van der Waals surface area contributed by atoms with Gasteiger partial charge in [0, 0.05) is 5.02 Å². The molecule has 0 saturated carbocycles. The predicted octanol–water partition coefficient (Wildman–Crippen LogP) is 3.61. The van der Waals surface area contributed by atoms with Crippen molar-refractivity contribution >= 4 is 44.9 Å². The van der Waals surface area contributed by atoms with Crippen molar-refractivity contribution in [2.75, 3.05) is 16.9 Å². The van der Waals surface area contributed by atoms with Crippen molar-refractivity contribution in [1.82, 2.24) is 9.78 Å². The summed E-state index contributed by atoms with van der Waals surface area (Å²) in [6.07, 6.45) is 2.11. The van der Waals surface area contributed by atoms with Crippen LogP contribution in [0.5, 0.6) is 0 Å². The largest absolute Gasteiger partial charge is 0.278 e. The minimum Gasteiger partial charge on any atom is -0.278 e. The fourth-order valence-electron chi connectivity index (χ4n) is 2.72. The van der Waals surface area contributed by atoms with Crippen molar-refractivity contribution < 1.29 is 8.42 Å². The van der Waals surface area contributed by atoms with Gasteiger partial charge in [0.05, 0.1) is 40.7 Å². The molecule has 0 aliphatic carbocycles. The van der Waals surface area contributed by atoms with Crippen molar-refractivity contribution in [2.24, 2.45) is 5.10 Å². The fraction of sp³-hybridized carbons (Fsp3) is 0.375. The minimum atomic E-state index is -3.00. The molecular formula is C16H18Cl2N4O2S. The Kier molecular flexibility index (Phi) is 5.09. The summed E-state index contributed by atoms with van der Waals surface area (Å²) in [7, 11) is -3.00. The molecule has 0 spiro atoms. The number of nitrogens with zero attached hydrogens (tertiary/aromatic N) is 3. The van der Waals surface area contributed by atoms with Crippen molar-refractivity contribution in [3.8, 4) is 0 Å². The molecule has 0 bridgehead atoms. The topological polar surface area (TPSA) is 76.3 Å². The molecule has 1 saturated heterocycles. The molecule has 1 aromatic carbocycles. The number of anilines is 1. The number of hydrogen-bond donors (Lipinski definition) is 1. The van der Waals surface area contributed by atoms with E-state index in [0.29, 0.717) is 27.9 Å². The molecule has 25 heavy (non-hydrogen) atoms. The Morgan fingerprint density at radius 2 is 2.12 bits per heavy atom. The van der Waals surface area contributed by atoms with E-state index < -0.39 is 9.84 Å². The van der Waals surface area contributed by atoms with E-state index in [0.717, 1.165) is 11.3 Å². The first-order valence-corrected chi connectivity index (χ1v) is 10.3. The van der Waals surface area contributed by atoms with Gasteiger partial charge in [-0.05, 0) is 38.0 Å². The van der Waals surface area contributed by atoms with Gasteiger partial charge in [-0.15, -0.1) is 0 Å². The maximum Gasteiger partial charge on any atom is 0.152 e. The van der Waals surface area contributed by atoms with Gasteiger partial charge < -0.3 is 0 Å². The van der Waals surface area contributed by atoms with Gasteiger partial charge in [-0.3, -0.25) is 5.43 Å². The number of aromatic nitrogens is 2. The number of halogens is 2. The smallest absolute Gasteiger partial charge is 0.152 e. The number of aryl methyl sites for hydroxylation is 2. The van der Waals surface area contributed by atoms with Crippen LogP contribution in [0.25, 0.3) is 0 Å². The van der Waals surface area contributed by atoms with Crippen LogP contribution in [0.2, 0.25) is 10.2 Å². The van der Waals surface area contributed by atoms with Crippen molar-refractivity contribution in [3.05, 3.63) is 45.2 Å². The highest BCUT2D eigenvalue weighted by molar-refractivity contribution is 7.91. The van der Waals surface area contributed by atoms with Gasteiger partial charge in [-0.2, -0.15) is 10.2 Å². The molecule has 2 heterocycles. The first-order chi connectivity index (χ1) is 11.8. The first kappa shape index (κ1) is 18.2. The standard InChI is InChI=1S/C16H18Cl2N4O2S/c1-10-3-4-12(7-15(10)17)20-19-8-14-11(2)21-22(16(14)18)13-5-6-25(23,24)9-13/h3-4,7-8,13,20H,5-6,9H2,1-2H3/b19-8-/t13-/m0/s1. The molecule has 6 nitrogen and oxygen atoms in total. The van der Waals surface area contributed by atoms with Crippen LogP contribution in [0.1, 0.15) is 29.3 Å². The average Bonchev–Trinajstić information content (AvgIpc) is 3.04. The lowest BCUT2D eigenvalue weighted by Gasteiger charge is -2.09. The second-order valence-electron chi connectivity index (χ2n) is 6.13. The van der Waals surface area contributed by atoms with E-state index in [4.69, 9.17) is 23.2 Å². The van der Waals surface area contributed by atoms with Crippen LogP contribution in [-0.2, 0) is 9.84 Å². The zero-order valence-electron chi connectivity index (χ0n) is 13.8. The summed E-state index contributed by atoms with van der Waals surface area (Å²) in [4.78, 5) is 0. The maximum absolute atomic E-state index is 11.7. The first-order valence-electron chi connectivity index (χ1n) is 7.77. The van der Waals surface area contributed by atoms with Crippen LogP contribution in [0.3, 0.4) is 0 Å². The molecule has 0 radical (unpaired) electrons. The summed E-state index contributed by atoms with van der Waals surface area (Å²) >= 11 is 12.5. The number of hydrogen-bond acceptors (Lipinski definition) is 5. The SMILES string of the molecule is Cc1ccc(N/N=C\c2c(C)nn([C@H]3CCS(=O)(=O)C3)c2Cl)cc1Cl. The molecule has 0 amide bonds. The third-order valence-corrected chi connectivity index (χ3v) is 6.72. The van der Waals surface area contributed by atoms with E-state index in [1.807, 2.05) is 26.0 Å². The van der Waals surface area contributed by atoms with Crippen molar-refractivity contribution in [3.63, 3.8) is 0 Å². The van der Waals surface area contributed by atoms with Gasteiger partial charge in [0.15, 0.2) is 9.84 Å². The summed E-state index contributed by atoms with van der Waals surface area (Å²) in [6, 6.07) is 5.34. The van der Waals surface area contributed by atoms with Gasteiger partial charge >= 0.3 is 0 Å². The molecule has 1 aliphatic heterocycles. The summed E-state index contributed by atoms with van der Waals surface area (Å²) in [5, 5.41) is 9.62. The Hall–Kier alpha value is -1.57. The Morgan fingerprint density at radius 3 is 2.76 bits per heavy atom. The van der Waals surface area contributed by atoms with Crippen molar-refractivity contribution in [2.45, 2.75) is 26.3 Å². The highest BCUT2D eigenvalue weighted by Gasteiger charge is 2.31.